The molecule has 0 unspecified atom stereocenters. The summed E-state index contributed by atoms with van der Waals surface area (Å²) in [4.78, 5) is 4.73. The minimum atomic E-state index is 0.419. The van der Waals surface area contributed by atoms with Crippen molar-refractivity contribution in [3.05, 3.63) is 41.6 Å². The van der Waals surface area contributed by atoms with E-state index in [9.17, 15) is 0 Å². The number of thiocarbonyl (C=S) groups is 1. The van der Waals surface area contributed by atoms with Crippen LogP contribution in [-0.2, 0) is 0 Å². The number of nitrogens with zero attached hydrogens (tertiary/aromatic N) is 1. The van der Waals surface area contributed by atoms with Crippen molar-refractivity contribution in [2.45, 2.75) is 6.92 Å². The van der Waals surface area contributed by atoms with Crippen LogP contribution in [0, 0.1) is 6.92 Å². The van der Waals surface area contributed by atoms with Gasteiger partial charge < -0.3 is 5.73 Å². The quantitative estimate of drug-likeness (QED) is 0.720. The van der Waals surface area contributed by atoms with Crippen LogP contribution in [0.5, 0.6) is 0 Å². The Balaban J connectivity index is 2.84. The van der Waals surface area contributed by atoms with Crippen LogP contribution in [0.15, 0.2) is 30.5 Å². The van der Waals surface area contributed by atoms with Crippen LogP contribution in [0.1, 0.15) is 11.1 Å². The molecule has 0 amide bonds. The van der Waals surface area contributed by atoms with Crippen molar-refractivity contribution in [2.24, 2.45) is 5.73 Å². The van der Waals surface area contributed by atoms with Gasteiger partial charge in [-0.2, -0.15) is 0 Å². The Kier molecular flexibility index (Phi) is 2.17. The molecule has 0 aliphatic carbocycles. The van der Waals surface area contributed by atoms with Crippen molar-refractivity contribution in [3.8, 4) is 0 Å². The summed E-state index contributed by atoms with van der Waals surface area (Å²) in [7, 11) is 0. The molecular formula is C11H10N2S. The number of fused-ring (bicyclic) bond motifs is 1. The van der Waals surface area contributed by atoms with E-state index < -0.39 is 0 Å². The number of benzene rings is 1. The molecule has 0 atom stereocenters. The summed E-state index contributed by atoms with van der Waals surface area (Å²) < 4.78 is 0. The average Bonchev–Trinajstić information content (AvgIpc) is 2.16. The van der Waals surface area contributed by atoms with Crippen LogP contribution in [-0.4, -0.2) is 9.97 Å². The van der Waals surface area contributed by atoms with E-state index in [0.29, 0.717) is 4.99 Å². The van der Waals surface area contributed by atoms with Crippen molar-refractivity contribution in [1.29, 1.82) is 0 Å². The lowest BCUT2D eigenvalue weighted by atomic mass is 10.1. The van der Waals surface area contributed by atoms with Crippen molar-refractivity contribution < 1.29 is 0 Å². The fraction of sp³-hybridized carbons (Fsp3) is 0.0909. The second-order valence-electron chi connectivity index (χ2n) is 3.25. The van der Waals surface area contributed by atoms with Gasteiger partial charge in [0.05, 0.1) is 5.52 Å². The predicted octanol–water partition coefficient (Wildman–Crippen LogP) is 2.18. The number of aromatic nitrogens is 1. The van der Waals surface area contributed by atoms with Crippen LogP contribution in [0.2, 0.25) is 0 Å². The van der Waals surface area contributed by atoms with E-state index in [1.165, 1.54) is 0 Å². The molecule has 0 bridgehead atoms. The first-order valence-electron chi connectivity index (χ1n) is 4.33. The normalized spacial score (nSPS) is 10.4. The highest BCUT2D eigenvalue weighted by molar-refractivity contribution is 7.80. The maximum absolute atomic E-state index is 5.63. The highest BCUT2D eigenvalue weighted by Crippen LogP contribution is 2.17. The summed E-state index contributed by atoms with van der Waals surface area (Å²) >= 11 is 4.98. The molecule has 0 aliphatic rings. The summed E-state index contributed by atoms with van der Waals surface area (Å²) in [6.45, 7) is 2.00. The zero-order chi connectivity index (χ0) is 10.1. The monoisotopic (exact) mass is 202 g/mol. The van der Waals surface area contributed by atoms with E-state index >= 15 is 0 Å². The molecule has 3 heteroatoms. The fourth-order valence-electron chi connectivity index (χ4n) is 1.47. The number of pyridine rings is 1. The van der Waals surface area contributed by atoms with Crippen LogP contribution in [0.25, 0.3) is 10.9 Å². The van der Waals surface area contributed by atoms with Gasteiger partial charge >= 0.3 is 0 Å². The van der Waals surface area contributed by atoms with Crippen LogP contribution < -0.4 is 5.73 Å². The Bertz CT molecular complexity index is 506. The van der Waals surface area contributed by atoms with Gasteiger partial charge in [0.1, 0.15) is 4.99 Å². The molecule has 70 valence electrons. The van der Waals surface area contributed by atoms with Gasteiger partial charge in [-0.25, -0.2) is 0 Å². The molecule has 1 aromatic heterocycles. The summed E-state index contributed by atoms with van der Waals surface area (Å²) in [6.07, 6.45) is 1.84. The molecule has 2 aromatic rings. The Labute approximate surface area is 87.8 Å². The maximum Gasteiger partial charge on any atom is 0.104 e. The standard InChI is InChI=1S/C11H10N2S/c1-7-5-9-8(11(12)14)3-2-4-10(9)13-6-7/h2-6H,1H3,(H2,12,14). The van der Waals surface area contributed by atoms with Gasteiger partial charge in [0.2, 0.25) is 0 Å². The number of nitrogens with two attached hydrogens (primary N) is 1. The first-order valence-corrected chi connectivity index (χ1v) is 4.74. The van der Waals surface area contributed by atoms with Crippen molar-refractivity contribution in [1.82, 2.24) is 4.98 Å². The molecule has 0 saturated carbocycles. The second kappa shape index (κ2) is 3.35. The minimum absolute atomic E-state index is 0.419. The summed E-state index contributed by atoms with van der Waals surface area (Å²) in [5.41, 5.74) is 8.57. The van der Waals surface area contributed by atoms with Gasteiger partial charge in [0.25, 0.3) is 0 Å². The number of rotatable bonds is 1. The van der Waals surface area contributed by atoms with Gasteiger partial charge in [0, 0.05) is 17.1 Å². The molecule has 2 N–H and O–H groups in total. The van der Waals surface area contributed by atoms with E-state index in [0.717, 1.165) is 22.0 Å². The first kappa shape index (κ1) is 9.09. The van der Waals surface area contributed by atoms with E-state index in [2.05, 4.69) is 11.1 Å². The van der Waals surface area contributed by atoms with Crippen molar-refractivity contribution in [3.63, 3.8) is 0 Å². The zero-order valence-corrected chi connectivity index (χ0v) is 8.64. The van der Waals surface area contributed by atoms with Crippen molar-refractivity contribution >= 4 is 28.1 Å². The fourth-order valence-corrected chi connectivity index (χ4v) is 1.65. The van der Waals surface area contributed by atoms with Crippen LogP contribution >= 0.6 is 12.2 Å². The maximum atomic E-state index is 5.63. The van der Waals surface area contributed by atoms with Crippen LogP contribution in [0.4, 0.5) is 0 Å². The number of hydrogen-bond donors (Lipinski definition) is 1. The van der Waals surface area contributed by atoms with Gasteiger partial charge in [0.15, 0.2) is 0 Å². The predicted molar refractivity (Wildman–Crippen MR) is 62.4 cm³/mol. The summed E-state index contributed by atoms with van der Waals surface area (Å²) in [6, 6.07) is 7.85. The lowest BCUT2D eigenvalue weighted by Crippen LogP contribution is -2.09. The molecule has 0 fully saturated rings. The Morgan fingerprint density at radius 3 is 2.93 bits per heavy atom. The molecule has 0 aliphatic heterocycles. The Morgan fingerprint density at radius 2 is 2.21 bits per heavy atom. The number of aryl methyl sites for hydroxylation is 1. The van der Waals surface area contributed by atoms with E-state index in [4.69, 9.17) is 18.0 Å². The average molecular weight is 202 g/mol. The topological polar surface area (TPSA) is 38.9 Å². The third-order valence-corrected chi connectivity index (χ3v) is 2.35. The number of hydrogen-bond acceptors (Lipinski definition) is 2. The first-order chi connectivity index (χ1) is 6.68. The largest absolute Gasteiger partial charge is 0.389 e. The lowest BCUT2D eigenvalue weighted by molar-refractivity contribution is 1.33. The van der Waals surface area contributed by atoms with E-state index in [-0.39, 0.29) is 0 Å². The third-order valence-electron chi connectivity index (χ3n) is 2.13. The third kappa shape index (κ3) is 1.46. The highest BCUT2D eigenvalue weighted by Gasteiger charge is 2.03. The van der Waals surface area contributed by atoms with E-state index in [1.54, 1.807) is 0 Å². The second-order valence-corrected chi connectivity index (χ2v) is 3.69. The van der Waals surface area contributed by atoms with Crippen LogP contribution in [0.3, 0.4) is 0 Å². The summed E-state index contributed by atoms with van der Waals surface area (Å²) in [5.74, 6) is 0. The molecule has 1 aromatic carbocycles. The highest BCUT2D eigenvalue weighted by atomic mass is 32.1. The molecule has 1 heterocycles. The molecule has 2 rings (SSSR count). The Hall–Kier alpha value is -1.48. The van der Waals surface area contributed by atoms with Gasteiger partial charge in [-0.1, -0.05) is 24.4 Å². The Morgan fingerprint density at radius 1 is 1.43 bits per heavy atom. The molecule has 0 radical (unpaired) electrons. The van der Waals surface area contributed by atoms with Gasteiger partial charge in [-0.15, -0.1) is 0 Å². The summed E-state index contributed by atoms with van der Waals surface area (Å²) in [5, 5.41) is 1.03. The SMILES string of the molecule is Cc1cnc2cccc(C(N)=S)c2c1. The minimum Gasteiger partial charge on any atom is -0.389 e. The molecule has 14 heavy (non-hydrogen) atoms. The molecule has 2 nitrogen and oxygen atoms in total. The molecule has 0 spiro atoms. The van der Waals surface area contributed by atoms with Gasteiger partial charge in [-0.3, -0.25) is 4.98 Å². The van der Waals surface area contributed by atoms with Crippen molar-refractivity contribution in [2.75, 3.05) is 0 Å². The molecular weight excluding hydrogens is 192 g/mol. The van der Waals surface area contributed by atoms with Gasteiger partial charge in [-0.05, 0) is 24.6 Å². The van der Waals surface area contributed by atoms with E-state index in [1.807, 2.05) is 31.3 Å². The lowest BCUT2D eigenvalue weighted by Gasteiger charge is -2.04. The molecule has 0 saturated heterocycles. The smallest absolute Gasteiger partial charge is 0.104 e. The zero-order valence-electron chi connectivity index (χ0n) is 7.82.